The largest absolute Gasteiger partial charge is 0.373 e. The van der Waals surface area contributed by atoms with E-state index in [-0.39, 0.29) is 0 Å². The average molecular weight is 234 g/mol. The molecular formula is C13H22N4. The Morgan fingerprint density at radius 1 is 1.35 bits per heavy atom. The summed E-state index contributed by atoms with van der Waals surface area (Å²) in [6.45, 7) is 5.43. The van der Waals surface area contributed by atoms with Gasteiger partial charge >= 0.3 is 0 Å². The molecule has 17 heavy (non-hydrogen) atoms. The van der Waals surface area contributed by atoms with Crippen LogP contribution in [-0.4, -0.2) is 29.6 Å². The second-order valence-corrected chi connectivity index (χ2v) is 4.54. The Balaban J connectivity index is 2.35. The molecule has 1 heterocycles. The number of hydrogen-bond donors (Lipinski definition) is 1. The second kappa shape index (κ2) is 5.34. The minimum Gasteiger partial charge on any atom is -0.373 e. The Morgan fingerprint density at radius 3 is 2.65 bits per heavy atom. The molecule has 1 fully saturated rings. The summed E-state index contributed by atoms with van der Waals surface area (Å²) >= 11 is 0. The van der Waals surface area contributed by atoms with Crippen molar-refractivity contribution in [1.82, 2.24) is 9.97 Å². The molecule has 0 atom stereocenters. The second-order valence-electron chi connectivity index (χ2n) is 4.54. The number of hydrogen-bond acceptors (Lipinski definition) is 4. The van der Waals surface area contributed by atoms with Gasteiger partial charge in [0.15, 0.2) is 0 Å². The minimum absolute atomic E-state index is 0.704. The van der Waals surface area contributed by atoms with Crippen LogP contribution in [0.4, 0.5) is 11.6 Å². The standard InChI is InChI=1S/C13H22N4/c1-4-6-11-12(14-3)15-9-16-13(11)17(5-2)10-7-8-10/h9-10H,4-8H2,1-3H3,(H,14,15,16). The van der Waals surface area contributed by atoms with Crippen LogP contribution in [0.15, 0.2) is 6.33 Å². The third-order valence-electron chi connectivity index (χ3n) is 3.26. The zero-order valence-electron chi connectivity index (χ0n) is 11.0. The van der Waals surface area contributed by atoms with Crippen LogP contribution < -0.4 is 10.2 Å². The molecule has 1 N–H and O–H groups in total. The molecule has 1 aliphatic carbocycles. The van der Waals surface area contributed by atoms with Crippen molar-refractivity contribution in [3.05, 3.63) is 11.9 Å². The normalized spacial score (nSPS) is 14.8. The molecule has 0 amide bonds. The molecule has 0 radical (unpaired) electrons. The first-order chi connectivity index (χ1) is 8.31. The fourth-order valence-corrected chi connectivity index (χ4v) is 2.31. The van der Waals surface area contributed by atoms with Crippen LogP contribution in [0.25, 0.3) is 0 Å². The molecule has 4 nitrogen and oxygen atoms in total. The third-order valence-corrected chi connectivity index (χ3v) is 3.26. The van der Waals surface area contributed by atoms with Crippen LogP contribution in [0, 0.1) is 0 Å². The average Bonchev–Trinajstić information content (AvgIpc) is 3.16. The van der Waals surface area contributed by atoms with E-state index in [1.165, 1.54) is 18.4 Å². The first-order valence-corrected chi connectivity index (χ1v) is 6.60. The van der Waals surface area contributed by atoms with E-state index in [0.29, 0.717) is 6.04 Å². The molecule has 0 saturated heterocycles. The van der Waals surface area contributed by atoms with Crippen LogP contribution in [0.2, 0.25) is 0 Å². The lowest BCUT2D eigenvalue weighted by atomic mass is 10.1. The topological polar surface area (TPSA) is 41.1 Å². The van der Waals surface area contributed by atoms with Gasteiger partial charge in [-0.25, -0.2) is 9.97 Å². The Kier molecular flexibility index (Phi) is 3.82. The van der Waals surface area contributed by atoms with Crippen molar-refractivity contribution in [2.45, 2.75) is 45.6 Å². The molecule has 4 heteroatoms. The Hall–Kier alpha value is -1.32. The first kappa shape index (κ1) is 12.1. The number of nitrogens with zero attached hydrogens (tertiary/aromatic N) is 3. The lowest BCUT2D eigenvalue weighted by molar-refractivity contribution is 0.784. The summed E-state index contributed by atoms with van der Waals surface area (Å²) in [5, 5.41) is 3.18. The van der Waals surface area contributed by atoms with Crippen LogP contribution in [0.1, 0.15) is 38.7 Å². The summed E-state index contributed by atoms with van der Waals surface area (Å²) in [5.74, 6) is 2.12. The van der Waals surface area contributed by atoms with Gasteiger partial charge in [-0.05, 0) is 26.2 Å². The van der Waals surface area contributed by atoms with Gasteiger partial charge in [-0.15, -0.1) is 0 Å². The molecule has 1 saturated carbocycles. The smallest absolute Gasteiger partial charge is 0.137 e. The summed E-state index contributed by atoms with van der Waals surface area (Å²) in [7, 11) is 1.93. The molecule has 0 spiro atoms. The fraction of sp³-hybridized carbons (Fsp3) is 0.692. The van der Waals surface area contributed by atoms with E-state index in [1.807, 2.05) is 7.05 Å². The van der Waals surface area contributed by atoms with Crippen LogP contribution in [-0.2, 0) is 6.42 Å². The summed E-state index contributed by atoms with van der Waals surface area (Å²) in [4.78, 5) is 11.3. The van der Waals surface area contributed by atoms with E-state index < -0.39 is 0 Å². The van der Waals surface area contributed by atoms with Crippen molar-refractivity contribution in [1.29, 1.82) is 0 Å². The Labute approximate surface area is 103 Å². The summed E-state index contributed by atoms with van der Waals surface area (Å²) in [5.41, 5.74) is 1.27. The predicted octanol–water partition coefficient (Wildman–Crippen LogP) is 2.46. The highest BCUT2D eigenvalue weighted by molar-refractivity contribution is 5.59. The Bertz CT molecular complexity index is 374. The minimum atomic E-state index is 0.704. The van der Waals surface area contributed by atoms with Gasteiger partial charge in [0.2, 0.25) is 0 Å². The highest BCUT2D eigenvalue weighted by Gasteiger charge is 2.30. The van der Waals surface area contributed by atoms with Gasteiger partial charge in [0.05, 0.1) is 0 Å². The molecule has 94 valence electrons. The van der Waals surface area contributed by atoms with Gasteiger partial charge in [0, 0.05) is 25.2 Å². The molecule has 1 aromatic rings. The molecule has 2 rings (SSSR count). The van der Waals surface area contributed by atoms with Crippen molar-refractivity contribution in [3.63, 3.8) is 0 Å². The zero-order chi connectivity index (χ0) is 12.3. The predicted molar refractivity (Wildman–Crippen MR) is 71.6 cm³/mol. The lowest BCUT2D eigenvalue weighted by Gasteiger charge is -2.25. The van der Waals surface area contributed by atoms with E-state index in [0.717, 1.165) is 31.0 Å². The first-order valence-electron chi connectivity index (χ1n) is 6.60. The molecule has 1 aromatic heterocycles. The molecule has 0 unspecified atom stereocenters. The summed E-state index contributed by atoms with van der Waals surface area (Å²) < 4.78 is 0. The van der Waals surface area contributed by atoms with Gasteiger partial charge in [-0.3, -0.25) is 0 Å². The number of anilines is 2. The van der Waals surface area contributed by atoms with Crippen LogP contribution in [0.3, 0.4) is 0 Å². The summed E-state index contributed by atoms with van der Waals surface area (Å²) in [6.07, 6.45) is 6.44. The highest BCUT2D eigenvalue weighted by atomic mass is 15.2. The van der Waals surface area contributed by atoms with Crippen molar-refractivity contribution in [3.8, 4) is 0 Å². The molecule has 0 aliphatic heterocycles. The van der Waals surface area contributed by atoms with Crippen molar-refractivity contribution < 1.29 is 0 Å². The van der Waals surface area contributed by atoms with E-state index in [1.54, 1.807) is 6.33 Å². The molecule has 0 bridgehead atoms. The lowest BCUT2D eigenvalue weighted by Crippen LogP contribution is -2.27. The number of aromatic nitrogens is 2. The quantitative estimate of drug-likeness (QED) is 0.821. The van der Waals surface area contributed by atoms with E-state index in [9.17, 15) is 0 Å². The monoisotopic (exact) mass is 234 g/mol. The van der Waals surface area contributed by atoms with E-state index in [4.69, 9.17) is 0 Å². The maximum Gasteiger partial charge on any atom is 0.137 e. The maximum atomic E-state index is 4.51. The van der Waals surface area contributed by atoms with Gasteiger partial charge in [-0.1, -0.05) is 13.3 Å². The van der Waals surface area contributed by atoms with E-state index >= 15 is 0 Å². The maximum absolute atomic E-state index is 4.51. The van der Waals surface area contributed by atoms with Gasteiger partial charge in [-0.2, -0.15) is 0 Å². The fourth-order valence-electron chi connectivity index (χ4n) is 2.31. The van der Waals surface area contributed by atoms with Crippen molar-refractivity contribution >= 4 is 11.6 Å². The molecule has 0 aromatic carbocycles. The Morgan fingerprint density at radius 2 is 2.12 bits per heavy atom. The number of nitrogens with one attached hydrogen (secondary N) is 1. The van der Waals surface area contributed by atoms with Gasteiger partial charge in [0.25, 0.3) is 0 Å². The molecule has 1 aliphatic rings. The van der Waals surface area contributed by atoms with Gasteiger partial charge in [0.1, 0.15) is 18.0 Å². The molecular weight excluding hydrogens is 212 g/mol. The SMILES string of the molecule is CCCc1c(NC)ncnc1N(CC)C1CC1. The van der Waals surface area contributed by atoms with Crippen LogP contribution in [0.5, 0.6) is 0 Å². The zero-order valence-corrected chi connectivity index (χ0v) is 11.0. The summed E-state index contributed by atoms with van der Waals surface area (Å²) in [6, 6.07) is 0.704. The highest BCUT2D eigenvalue weighted by Crippen LogP contribution is 2.34. The van der Waals surface area contributed by atoms with Crippen LogP contribution >= 0.6 is 0 Å². The van der Waals surface area contributed by atoms with Gasteiger partial charge < -0.3 is 10.2 Å². The van der Waals surface area contributed by atoms with E-state index in [2.05, 4.69) is 34.0 Å². The van der Waals surface area contributed by atoms with Crippen molar-refractivity contribution in [2.24, 2.45) is 0 Å². The third kappa shape index (κ3) is 2.51. The van der Waals surface area contributed by atoms with Crippen molar-refractivity contribution in [2.75, 3.05) is 23.8 Å². The number of rotatable bonds is 6.